The first-order valence-electron chi connectivity index (χ1n) is 11.3. The summed E-state index contributed by atoms with van der Waals surface area (Å²) < 4.78 is 2.03. The molecule has 5 nitrogen and oxygen atoms in total. The first-order valence-corrected chi connectivity index (χ1v) is 12.6. The van der Waals surface area contributed by atoms with Crippen molar-refractivity contribution >= 4 is 35.0 Å². The molecule has 1 N–H and O–H groups in total. The number of benzene rings is 3. The summed E-state index contributed by atoms with van der Waals surface area (Å²) in [4.78, 5) is 12.7. The number of hydrogen-bond donors (Lipinski definition) is 1. The normalized spacial score (nSPS) is 11.1. The van der Waals surface area contributed by atoms with Crippen LogP contribution in [0.4, 0.5) is 5.69 Å². The zero-order chi connectivity index (χ0) is 24.1. The molecule has 0 atom stereocenters. The van der Waals surface area contributed by atoms with Crippen LogP contribution in [0.1, 0.15) is 37.8 Å². The topological polar surface area (TPSA) is 59.8 Å². The second-order valence-electron chi connectivity index (χ2n) is 8.25. The highest BCUT2D eigenvalue weighted by Crippen LogP contribution is 2.32. The Kier molecular flexibility index (Phi) is 7.70. The van der Waals surface area contributed by atoms with Gasteiger partial charge in [-0.3, -0.25) is 9.36 Å². The van der Waals surface area contributed by atoms with Crippen molar-refractivity contribution in [3.63, 3.8) is 0 Å². The molecule has 3 aromatic carbocycles. The van der Waals surface area contributed by atoms with Crippen LogP contribution in [0.5, 0.6) is 0 Å². The van der Waals surface area contributed by atoms with Crippen LogP contribution in [0.2, 0.25) is 5.02 Å². The Morgan fingerprint density at radius 3 is 2.38 bits per heavy atom. The maximum Gasteiger partial charge on any atom is 0.234 e. The summed E-state index contributed by atoms with van der Waals surface area (Å²) >= 11 is 7.47. The largest absolute Gasteiger partial charge is 0.325 e. The molecule has 0 saturated carbocycles. The molecule has 0 unspecified atom stereocenters. The molecule has 4 rings (SSSR count). The Bertz CT molecular complexity index is 1270. The highest BCUT2D eigenvalue weighted by molar-refractivity contribution is 7.99. The Morgan fingerprint density at radius 1 is 1.00 bits per heavy atom. The predicted molar refractivity (Wildman–Crippen MR) is 141 cm³/mol. The van der Waals surface area contributed by atoms with Gasteiger partial charge in [-0.1, -0.05) is 74.5 Å². The second kappa shape index (κ2) is 10.9. The van der Waals surface area contributed by atoms with Gasteiger partial charge in [-0.05, 0) is 65.9 Å². The quantitative estimate of drug-likeness (QED) is 0.270. The molecule has 0 fully saturated rings. The molecule has 0 radical (unpaired) electrons. The van der Waals surface area contributed by atoms with Crippen molar-refractivity contribution in [3.8, 4) is 17.1 Å². The van der Waals surface area contributed by atoms with E-state index in [2.05, 4.69) is 48.4 Å². The summed E-state index contributed by atoms with van der Waals surface area (Å²) in [6.07, 6.45) is 0.966. The lowest BCUT2D eigenvalue weighted by atomic mass is 10.0. The lowest BCUT2D eigenvalue weighted by Crippen LogP contribution is -2.14. The highest BCUT2D eigenvalue weighted by atomic mass is 35.5. The standard InChI is InChI=1S/C27H27ClN4OS/c1-4-19-9-15-22(16-10-19)29-25(33)17-34-27-31-30-26(20-11-13-21(28)14-12-20)32(27)24-8-6-5-7-23(24)18(2)3/h5-16,18H,4,17H2,1-3H3,(H,29,33). The van der Waals surface area contributed by atoms with Gasteiger partial charge in [0.15, 0.2) is 11.0 Å². The van der Waals surface area contributed by atoms with Gasteiger partial charge in [-0.15, -0.1) is 10.2 Å². The maximum atomic E-state index is 12.7. The minimum Gasteiger partial charge on any atom is -0.325 e. The Morgan fingerprint density at radius 2 is 1.71 bits per heavy atom. The number of para-hydroxylation sites is 1. The molecule has 0 aliphatic rings. The van der Waals surface area contributed by atoms with Crippen LogP contribution in [0.3, 0.4) is 0 Å². The number of aryl methyl sites for hydroxylation is 1. The van der Waals surface area contributed by atoms with Crippen molar-refractivity contribution in [2.75, 3.05) is 11.1 Å². The van der Waals surface area contributed by atoms with E-state index in [1.165, 1.54) is 22.9 Å². The number of amides is 1. The number of carbonyl (C=O) groups is 1. The monoisotopic (exact) mass is 490 g/mol. The van der Waals surface area contributed by atoms with E-state index in [1.807, 2.05) is 65.2 Å². The second-order valence-corrected chi connectivity index (χ2v) is 9.63. The average Bonchev–Trinajstić information content (AvgIpc) is 3.27. The van der Waals surface area contributed by atoms with Crippen molar-refractivity contribution in [1.29, 1.82) is 0 Å². The van der Waals surface area contributed by atoms with Gasteiger partial charge >= 0.3 is 0 Å². The SMILES string of the molecule is CCc1ccc(NC(=O)CSc2nnc(-c3ccc(Cl)cc3)n2-c2ccccc2C(C)C)cc1. The van der Waals surface area contributed by atoms with E-state index in [9.17, 15) is 4.79 Å². The molecular formula is C27H27ClN4OS. The van der Waals surface area contributed by atoms with Crippen LogP contribution >= 0.6 is 23.4 Å². The number of anilines is 1. The van der Waals surface area contributed by atoms with Gasteiger partial charge in [0.1, 0.15) is 0 Å². The van der Waals surface area contributed by atoms with E-state index < -0.39 is 0 Å². The third-order valence-corrected chi connectivity index (χ3v) is 6.69. The van der Waals surface area contributed by atoms with Crippen LogP contribution in [0.25, 0.3) is 17.1 Å². The van der Waals surface area contributed by atoms with Gasteiger partial charge < -0.3 is 5.32 Å². The fourth-order valence-corrected chi connectivity index (χ4v) is 4.57. The van der Waals surface area contributed by atoms with Crippen molar-refractivity contribution in [3.05, 3.63) is 88.9 Å². The lowest BCUT2D eigenvalue weighted by molar-refractivity contribution is -0.113. The first kappa shape index (κ1) is 24.0. The van der Waals surface area contributed by atoms with Gasteiger partial charge in [0, 0.05) is 16.3 Å². The summed E-state index contributed by atoms with van der Waals surface area (Å²) in [6.45, 7) is 6.43. The maximum absolute atomic E-state index is 12.7. The van der Waals surface area contributed by atoms with E-state index in [0.29, 0.717) is 21.9 Å². The molecule has 7 heteroatoms. The van der Waals surface area contributed by atoms with Crippen molar-refractivity contribution < 1.29 is 4.79 Å². The molecule has 34 heavy (non-hydrogen) atoms. The van der Waals surface area contributed by atoms with Crippen molar-refractivity contribution in [2.45, 2.75) is 38.3 Å². The molecule has 174 valence electrons. The molecule has 0 bridgehead atoms. The fourth-order valence-electron chi connectivity index (χ4n) is 3.70. The number of carbonyl (C=O) groups excluding carboxylic acids is 1. The van der Waals surface area contributed by atoms with Gasteiger partial charge in [0.05, 0.1) is 11.4 Å². The van der Waals surface area contributed by atoms with Crippen LogP contribution < -0.4 is 5.32 Å². The van der Waals surface area contributed by atoms with Gasteiger partial charge in [0.25, 0.3) is 0 Å². The number of halogens is 1. The third-order valence-electron chi connectivity index (χ3n) is 5.51. The molecular weight excluding hydrogens is 464 g/mol. The molecule has 4 aromatic rings. The molecule has 1 aromatic heterocycles. The minimum atomic E-state index is -0.0889. The van der Waals surface area contributed by atoms with Crippen LogP contribution in [-0.2, 0) is 11.2 Å². The number of nitrogens with zero attached hydrogens (tertiary/aromatic N) is 3. The summed E-state index contributed by atoms with van der Waals surface area (Å²) in [7, 11) is 0. The van der Waals surface area contributed by atoms with Gasteiger partial charge in [-0.2, -0.15) is 0 Å². The lowest BCUT2D eigenvalue weighted by Gasteiger charge is -2.17. The Hall–Kier alpha value is -3.09. The first-order chi connectivity index (χ1) is 16.5. The van der Waals surface area contributed by atoms with Gasteiger partial charge in [0.2, 0.25) is 5.91 Å². The van der Waals surface area contributed by atoms with Crippen LogP contribution in [0, 0.1) is 0 Å². The molecule has 1 amide bonds. The van der Waals surface area contributed by atoms with E-state index >= 15 is 0 Å². The van der Waals surface area contributed by atoms with E-state index in [4.69, 9.17) is 11.6 Å². The number of nitrogens with one attached hydrogen (secondary N) is 1. The molecule has 0 spiro atoms. The summed E-state index contributed by atoms with van der Waals surface area (Å²) in [5, 5.41) is 13.2. The molecule has 0 aliphatic carbocycles. The van der Waals surface area contributed by atoms with Crippen molar-refractivity contribution in [1.82, 2.24) is 14.8 Å². The van der Waals surface area contributed by atoms with Gasteiger partial charge in [-0.25, -0.2) is 0 Å². The zero-order valence-electron chi connectivity index (χ0n) is 19.5. The number of rotatable bonds is 8. The van der Waals surface area contributed by atoms with E-state index in [1.54, 1.807) is 0 Å². The number of thioether (sulfide) groups is 1. The van der Waals surface area contributed by atoms with Crippen LogP contribution in [-0.4, -0.2) is 26.4 Å². The Balaban J connectivity index is 1.63. The summed E-state index contributed by atoms with van der Waals surface area (Å²) in [6, 6.07) is 23.7. The third kappa shape index (κ3) is 5.51. The summed E-state index contributed by atoms with van der Waals surface area (Å²) in [5.41, 5.74) is 5.11. The zero-order valence-corrected chi connectivity index (χ0v) is 21.0. The summed E-state index contributed by atoms with van der Waals surface area (Å²) in [5.74, 6) is 1.15. The smallest absolute Gasteiger partial charge is 0.234 e. The molecule has 0 aliphatic heterocycles. The number of aromatic nitrogens is 3. The highest BCUT2D eigenvalue weighted by Gasteiger charge is 2.20. The minimum absolute atomic E-state index is 0.0889. The predicted octanol–water partition coefficient (Wildman–Crippen LogP) is 7.00. The Labute approximate surface area is 209 Å². The molecule has 0 saturated heterocycles. The van der Waals surface area contributed by atoms with Crippen LogP contribution in [0.15, 0.2) is 78.0 Å². The fraction of sp³-hybridized carbons (Fsp3) is 0.222. The number of hydrogen-bond acceptors (Lipinski definition) is 4. The average molecular weight is 491 g/mol. The van der Waals surface area contributed by atoms with E-state index in [0.717, 1.165) is 23.4 Å². The molecule has 1 heterocycles. The van der Waals surface area contributed by atoms with Crippen molar-refractivity contribution in [2.24, 2.45) is 0 Å². The van der Waals surface area contributed by atoms with E-state index in [-0.39, 0.29) is 11.7 Å².